The van der Waals surface area contributed by atoms with E-state index in [0.717, 1.165) is 10.4 Å². The molecular formula is C21H21N3O5PS+. The minimum Gasteiger partial charge on any atom is -0.397 e. The number of carbonyl (C=O) groups excluding carboxylic acids is 2. The first kappa shape index (κ1) is 22.6. The fourth-order valence-corrected chi connectivity index (χ4v) is 4.09. The predicted molar refractivity (Wildman–Crippen MR) is 121 cm³/mol. The second-order valence-corrected chi connectivity index (χ2v) is 8.43. The van der Waals surface area contributed by atoms with E-state index < -0.39 is 26.9 Å². The van der Waals surface area contributed by atoms with Crippen molar-refractivity contribution in [2.24, 2.45) is 5.73 Å². The molecule has 31 heavy (non-hydrogen) atoms. The summed E-state index contributed by atoms with van der Waals surface area (Å²) in [4.78, 5) is 24.4. The van der Waals surface area contributed by atoms with Gasteiger partial charge in [-0.15, -0.1) is 20.4 Å². The van der Waals surface area contributed by atoms with E-state index in [-0.39, 0.29) is 5.91 Å². The van der Waals surface area contributed by atoms with Crippen LogP contribution in [0.5, 0.6) is 0 Å². The van der Waals surface area contributed by atoms with Crippen molar-refractivity contribution in [2.75, 3.05) is 17.7 Å². The lowest BCUT2D eigenvalue weighted by atomic mass is 10.1. The summed E-state index contributed by atoms with van der Waals surface area (Å²) in [6.45, 7) is 1.19. The molecule has 2 aromatic carbocycles. The van der Waals surface area contributed by atoms with Gasteiger partial charge >= 0.3 is 8.25 Å². The maximum absolute atomic E-state index is 12.7. The normalized spacial score (nSPS) is 12.2. The fourth-order valence-electron chi connectivity index (χ4n) is 2.70. The SMILES string of the molecule is CC(O[P+](=O)OCC(N)=O)c1ccc(C(=O)Nc2cc(-c3cccs3)ccc2N)cc1. The number of hydrogen-bond donors (Lipinski definition) is 3. The van der Waals surface area contributed by atoms with Crippen molar-refractivity contribution < 1.29 is 23.2 Å². The van der Waals surface area contributed by atoms with E-state index in [4.69, 9.17) is 20.5 Å². The molecule has 2 amide bonds. The van der Waals surface area contributed by atoms with Crippen LogP contribution in [-0.2, 0) is 18.4 Å². The summed E-state index contributed by atoms with van der Waals surface area (Å²) < 4.78 is 21.6. The van der Waals surface area contributed by atoms with Gasteiger partial charge in [-0.2, -0.15) is 0 Å². The maximum atomic E-state index is 12.7. The summed E-state index contributed by atoms with van der Waals surface area (Å²) in [7, 11) is -2.50. The number of thiophene rings is 1. The van der Waals surface area contributed by atoms with E-state index >= 15 is 0 Å². The van der Waals surface area contributed by atoms with Crippen LogP contribution in [0.4, 0.5) is 11.4 Å². The molecule has 8 nitrogen and oxygen atoms in total. The molecule has 1 heterocycles. The van der Waals surface area contributed by atoms with Crippen LogP contribution in [0.3, 0.4) is 0 Å². The largest absolute Gasteiger partial charge is 0.698 e. The first-order valence-corrected chi connectivity index (χ1v) is 11.2. The van der Waals surface area contributed by atoms with E-state index in [1.54, 1.807) is 48.6 Å². The van der Waals surface area contributed by atoms with Crippen LogP contribution in [0.2, 0.25) is 0 Å². The molecule has 0 fully saturated rings. The first-order valence-electron chi connectivity index (χ1n) is 9.23. The van der Waals surface area contributed by atoms with Crippen LogP contribution < -0.4 is 16.8 Å². The zero-order chi connectivity index (χ0) is 22.4. The molecule has 2 unspecified atom stereocenters. The highest BCUT2D eigenvalue weighted by Gasteiger charge is 2.26. The first-order chi connectivity index (χ1) is 14.8. The van der Waals surface area contributed by atoms with Gasteiger partial charge in [0.25, 0.3) is 5.91 Å². The molecule has 3 aromatic rings. The van der Waals surface area contributed by atoms with Crippen molar-refractivity contribution >= 4 is 42.8 Å². The molecule has 0 aliphatic carbocycles. The number of primary amides is 1. The van der Waals surface area contributed by atoms with Crippen molar-refractivity contribution in [1.82, 2.24) is 0 Å². The zero-order valence-corrected chi connectivity index (χ0v) is 18.3. The van der Waals surface area contributed by atoms with Crippen LogP contribution >= 0.6 is 19.6 Å². The number of nitrogens with one attached hydrogen (secondary N) is 1. The molecule has 5 N–H and O–H groups in total. The summed E-state index contributed by atoms with van der Waals surface area (Å²) >= 11 is 1.60. The highest BCUT2D eigenvalue weighted by atomic mass is 32.1. The summed E-state index contributed by atoms with van der Waals surface area (Å²) in [6.07, 6.45) is -0.577. The molecule has 2 atom stereocenters. The minimum atomic E-state index is -2.50. The Morgan fingerprint density at radius 1 is 1.16 bits per heavy atom. The average Bonchev–Trinajstić information content (AvgIpc) is 3.29. The molecule has 0 saturated heterocycles. The molecule has 160 valence electrons. The lowest BCUT2D eigenvalue weighted by Crippen LogP contribution is -2.16. The van der Waals surface area contributed by atoms with Gasteiger partial charge in [0, 0.05) is 15.0 Å². The van der Waals surface area contributed by atoms with Gasteiger partial charge < -0.3 is 16.8 Å². The number of amides is 2. The highest BCUT2D eigenvalue weighted by Crippen LogP contribution is 2.33. The standard InChI is InChI=1S/C21H20N3O5PS/c1-13(29-30(27)28-12-20(23)25)14-4-6-15(7-5-14)21(26)24-18-11-16(8-9-17(18)22)19-3-2-10-31-19/h2-11,13H,12,22H2,1H3,(H2-,23,24,25,26)/p+1. The van der Waals surface area contributed by atoms with Crippen molar-refractivity contribution in [3.05, 3.63) is 71.1 Å². The summed E-state index contributed by atoms with van der Waals surface area (Å²) in [6, 6.07) is 16.1. The third-order valence-corrected chi connectivity index (χ3v) is 6.05. The van der Waals surface area contributed by atoms with Crippen LogP contribution in [0, 0.1) is 0 Å². The number of benzene rings is 2. The Labute approximate surface area is 184 Å². The van der Waals surface area contributed by atoms with E-state index in [1.165, 1.54) is 0 Å². The van der Waals surface area contributed by atoms with Crippen molar-refractivity contribution in [2.45, 2.75) is 13.0 Å². The second kappa shape index (κ2) is 10.3. The molecule has 0 radical (unpaired) electrons. The maximum Gasteiger partial charge on any atom is 0.698 e. The number of hydrogen-bond acceptors (Lipinski definition) is 7. The van der Waals surface area contributed by atoms with E-state index in [2.05, 4.69) is 5.32 Å². The minimum absolute atomic E-state index is 0.314. The molecule has 0 aliphatic rings. The average molecular weight is 458 g/mol. The van der Waals surface area contributed by atoms with Crippen LogP contribution in [0.1, 0.15) is 28.9 Å². The third kappa shape index (κ3) is 6.19. The Morgan fingerprint density at radius 2 is 1.90 bits per heavy atom. The molecule has 0 saturated carbocycles. The van der Waals surface area contributed by atoms with Crippen LogP contribution in [-0.4, -0.2) is 18.4 Å². The highest BCUT2D eigenvalue weighted by molar-refractivity contribution is 7.33. The number of anilines is 2. The number of nitrogen functional groups attached to an aromatic ring is 1. The van der Waals surface area contributed by atoms with Crippen molar-refractivity contribution in [3.63, 3.8) is 0 Å². The molecule has 3 rings (SSSR count). The van der Waals surface area contributed by atoms with E-state index in [1.807, 2.05) is 29.6 Å². The molecule has 1 aromatic heterocycles. The fraction of sp³-hybridized carbons (Fsp3) is 0.143. The van der Waals surface area contributed by atoms with E-state index in [0.29, 0.717) is 22.5 Å². The van der Waals surface area contributed by atoms with Gasteiger partial charge in [-0.3, -0.25) is 9.59 Å². The molecule has 10 heteroatoms. The molecule has 0 bridgehead atoms. The van der Waals surface area contributed by atoms with Gasteiger partial charge in [0.1, 0.15) is 6.10 Å². The van der Waals surface area contributed by atoms with Crippen molar-refractivity contribution in [3.8, 4) is 10.4 Å². The summed E-state index contributed by atoms with van der Waals surface area (Å²) in [5, 5.41) is 4.82. The summed E-state index contributed by atoms with van der Waals surface area (Å²) in [5.74, 6) is -1.05. The van der Waals surface area contributed by atoms with Gasteiger partial charge in [-0.1, -0.05) is 24.3 Å². The quantitative estimate of drug-likeness (QED) is 0.320. The Hall–Kier alpha value is -3.10. The predicted octanol–water partition coefficient (Wildman–Crippen LogP) is 4.49. The lowest BCUT2D eigenvalue weighted by molar-refractivity contribution is -0.120. The number of carbonyl (C=O) groups is 2. The zero-order valence-electron chi connectivity index (χ0n) is 16.6. The van der Waals surface area contributed by atoms with Crippen LogP contribution in [0.25, 0.3) is 10.4 Å². The topological polar surface area (TPSA) is 134 Å². The van der Waals surface area contributed by atoms with Gasteiger partial charge in [0.05, 0.1) is 11.4 Å². The Balaban J connectivity index is 1.65. The number of nitrogens with two attached hydrogens (primary N) is 2. The molecular weight excluding hydrogens is 437 g/mol. The smallest absolute Gasteiger partial charge is 0.397 e. The lowest BCUT2D eigenvalue weighted by Gasteiger charge is -2.11. The van der Waals surface area contributed by atoms with Crippen LogP contribution in [0.15, 0.2) is 60.0 Å². The molecule has 0 aliphatic heterocycles. The second-order valence-electron chi connectivity index (χ2n) is 6.57. The Morgan fingerprint density at radius 3 is 2.55 bits per heavy atom. The Kier molecular flexibility index (Phi) is 7.49. The summed E-state index contributed by atoms with van der Waals surface area (Å²) in [5.41, 5.74) is 14.0. The Bertz CT molecular complexity index is 1090. The van der Waals surface area contributed by atoms with Gasteiger partial charge in [0.2, 0.25) is 5.91 Å². The monoisotopic (exact) mass is 458 g/mol. The van der Waals surface area contributed by atoms with E-state index in [9.17, 15) is 14.2 Å². The molecule has 0 spiro atoms. The van der Waals surface area contributed by atoms with Gasteiger partial charge in [-0.05, 0) is 53.8 Å². The third-order valence-electron chi connectivity index (χ3n) is 4.31. The number of rotatable bonds is 9. The van der Waals surface area contributed by atoms with Gasteiger partial charge in [-0.25, -0.2) is 0 Å². The van der Waals surface area contributed by atoms with Gasteiger partial charge in [0.15, 0.2) is 6.61 Å². The van der Waals surface area contributed by atoms with Crippen molar-refractivity contribution in [1.29, 1.82) is 0 Å².